The van der Waals surface area contributed by atoms with Crippen molar-refractivity contribution in [3.63, 3.8) is 0 Å². The molecular weight excluding hydrogens is 715 g/mol. The SMILES string of the molecule is COc1ccc(Nc2nc(Nc3ccc4cc(SOO[O-])cc(O)c4c3N=Nc3ccc(N)c(OC)c3)nc(C(=O)[O-])n2)c(OC)c1.[K+].[K+]. The molecule has 0 atom stereocenters. The van der Waals surface area contributed by atoms with Gasteiger partial charge in [-0.1, -0.05) is 6.07 Å². The van der Waals surface area contributed by atoms with Crippen molar-refractivity contribution < 1.29 is 147 Å². The number of ether oxygens (including phenoxy) is 3. The zero-order valence-corrected chi connectivity index (χ0v) is 33.8. The molecule has 0 amide bonds. The van der Waals surface area contributed by atoms with E-state index in [4.69, 9.17) is 19.9 Å². The van der Waals surface area contributed by atoms with Gasteiger partial charge in [0.15, 0.2) is 5.82 Å². The predicted octanol–water partition coefficient (Wildman–Crippen LogP) is -2.16. The molecule has 0 radical (unpaired) electrons. The van der Waals surface area contributed by atoms with Crippen molar-refractivity contribution >= 4 is 69.1 Å². The molecule has 1 aromatic heterocycles. The van der Waals surface area contributed by atoms with E-state index in [9.17, 15) is 20.3 Å². The molecule has 0 saturated carbocycles. The molecule has 4 aromatic carbocycles. The van der Waals surface area contributed by atoms with Crippen molar-refractivity contribution in [2.75, 3.05) is 37.7 Å². The number of aromatic carboxylic acids is 1. The van der Waals surface area contributed by atoms with Gasteiger partial charge in [-0.15, -0.1) is 5.11 Å². The summed E-state index contributed by atoms with van der Waals surface area (Å²) in [5.41, 5.74) is 7.39. The maximum absolute atomic E-state index is 11.9. The molecule has 1 heterocycles. The number of methoxy groups -OCH3 is 3. The minimum absolute atomic E-state index is 0. The number of carbonyl (C=O) groups excluding carboxylic acids is 1. The summed E-state index contributed by atoms with van der Waals surface area (Å²) in [7, 11) is 4.41. The summed E-state index contributed by atoms with van der Waals surface area (Å²) in [6.07, 6.45) is 0. The average Bonchev–Trinajstić information content (AvgIpc) is 3.07. The van der Waals surface area contributed by atoms with Crippen LogP contribution in [0.1, 0.15) is 10.6 Å². The Hall–Kier alpha value is -2.68. The van der Waals surface area contributed by atoms with Crippen LogP contribution in [0.15, 0.2) is 75.8 Å². The second-order valence-electron chi connectivity index (χ2n) is 9.26. The van der Waals surface area contributed by atoms with Gasteiger partial charge in [0.1, 0.15) is 34.7 Å². The molecule has 0 spiro atoms. The van der Waals surface area contributed by atoms with Crippen molar-refractivity contribution in [1.82, 2.24) is 15.0 Å². The quantitative estimate of drug-likeness (QED) is 0.0251. The topological polar surface area (TPSA) is 243 Å². The smallest absolute Gasteiger partial charge is 0.691 e. The van der Waals surface area contributed by atoms with Crippen molar-refractivity contribution in [3.05, 3.63) is 66.5 Å². The number of carboxylic acid groups (broad SMARTS) is 1. The first-order valence-corrected chi connectivity index (χ1v) is 14.0. The number of benzene rings is 4. The summed E-state index contributed by atoms with van der Waals surface area (Å²) in [4.78, 5) is 24.4. The van der Waals surface area contributed by atoms with E-state index in [1.807, 2.05) is 0 Å². The van der Waals surface area contributed by atoms with Crippen LogP contribution in [0.2, 0.25) is 0 Å². The first-order valence-electron chi connectivity index (χ1n) is 13.2. The Bertz CT molecular complexity index is 1990. The summed E-state index contributed by atoms with van der Waals surface area (Å²) in [5.74, 6) is -1.71. The summed E-state index contributed by atoms with van der Waals surface area (Å²) in [6.45, 7) is 0. The molecule has 0 fully saturated rings. The van der Waals surface area contributed by atoms with Crippen LogP contribution in [0.4, 0.5) is 40.3 Å². The van der Waals surface area contributed by atoms with Crippen molar-refractivity contribution in [2.45, 2.75) is 4.90 Å². The molecule has 20 heteroatoms. The minimum Gasteiger partial charge on any atom is -0.691 e. The molecule has 5 rings (SSSR count). The van der Waals surface area contributed by atoms with Crippen LogP contribution in [0, 0.1) is 0 Å². The number of hydrogen-bond donors (Lipinski definition) is 4. The van der Waals surface area contributed by atoms with E-state index in [-0.39, 0.29) is 137 Å². The van der Waals surface area contributed by atoms with Gasteiger partial charge in [0.25, 0.3) is 0 Å². The first kappa shape index (κ1) is 40.7. The van der Waals surface area contributed by atoms with Crippen LogP contribution in [-0.2, 0) is 9.37 Å². The van der Waals surface area contributed by atoms with E-state index in [2.05, 4.69) is 45.2 Å². The monoisotopic (exact) mass is 738 g/mol. The van der Waals surface area contributed by atoms with Crippen molar-refractivity contribution in [2.24, 2.45) is 10.2 Å². The average molecular weight is 739 g/mol. The number of azo groups is 1. The Labute approximate surface area is 367 Å². The number of fused-ring (bicyclic) bond motifs is 1. The zero-order valence-electron chi connectivity index (χ0n) is 26.7. The second-order valence-corrected chi connectivity index (χ2v) is 10.0. The summed E-state index contributed by atoms with van der Waals surface area (Å²) >= 11 is 0.587. The van der Waals surface area contributed by atoms with Crippen LogP contribution in [-0.4, -0.2) is 47.4 Å². The van der Waals surface area contributed by atoms with E-state index in [0.29, 0.717) is 56.6 Å². The van der Waals surface area contributed by atoms with Gasteiger partial charge in [-0.05, 0) is 47.9 Å². The molecule has 0 aliphatic rings. The number of carbonyl (C=O) groups is 1. The Morgan fingerprint density at radius 1 is 0.857 bits per heavy atom. The summed E-state index contributed by atoms with van der Waals surface area (Å²) < 4.78 is 20.3. The number of nitrogens with zero attached hydrogens (tertiary/aromatic N) is 5. The first-order chi connectivity index (χ1) is 22.7. The zero-order chi connectivity index (χ0) is 33.5. The number of nitrogens with two attached hydrogens (primary N) is 1. The fourth-order valence-corrected chi connectivity index (χ4v) is 4.74. The molecule has 0 bridgehead atoms. The third kappa shape index (κ3) is 10.2. The van der Waals surface area contributed by atoms with Crippen LogP contribution in [0.5, 0.6) is 23.0 Å². The number of anilines is 5. The van der Waals surface area contributed by atoms with Crippen LogP contribution >= 0.6 is 12.0 Å². The van der Waals surface area contributed by atoms with Gasteiger partial charge in [0, 0.05) is 17.0 Å². The molecule has 0 saturated heterocycles. The van der Waals surface area contributed by atoms with Gasteiger partial charge in [0.05, 0.1) is 61.5 Å². The Morgan fingerprint density at radius 2 is 1.55 bits per heavy atom. The standard InChI is InChI=1S/C29H26N8O9S.2K/c1-42-16-6-9-19(23(12-16)44-3)31-28-33-26(27(39)40)34-29(35-28)32-20-8-4-14-10-17(47-46-45-41)13-21(38)24(14)25(20)37-36-15-5-7-18(30)22(11-15)43-2;;/h4-13,38,41H,30H2,1-3H3,(H,39,40)(H2,31,32,33,34,35);;/q;2*+1/p-2. The summed E-state index contributed by atoms with van der Waals surface area (Å²) in [5, 5.41) is 51.9. The van der Waals surface area contributed by atoms with Gasteiger partial charge in [-0.2, -0.15) is 24.4 Å². The molecule has 5 N–H and O–H groups in total. The number of nitrogen functional groups attached to an aromatic ring is 1. The van der Waals surface area contributed by atoms with Gasteiger partial charge in [-0.25, -0.2) is 0 Å². The van der Waals surface area contributed by atoms with Crippen molar-refractivity contribution in [1.29, 1.82) is 0 Å². The fourth-order valence-electron chi connectivity index (χ4n) is 4.30. The minimum atomic E-state index is -1.66. The molecule has 0 aliphatic carbocycles. The number of carboxylic acids is 1. The normalized spacial score (nSPS) is 10.6. The number of aromatic nitrogens is 3. The Kier molecular flexibility index (Phi) is 15.9. The molecule has 0 aliphatic heterocycles. The number of hydrogen-bond acceptors (Lipinski definition) is 18. The Morgan fingerprint density at radius 3 is 2.20 bits per heavy atom. The van der Waals surface area contributed by atoms with E-state index < -0.39 is 11.8 Å². The second kappa shape index (κ2) is 19.1. The van der Waals surface area contributed by atoms with Crippen LogP contribution in [0.25, 0.3) is 10.8 Å². The maximum atomic E-state index is 11.9. The molecule has 49 heavy (non-hydrogen) atoms. The van der Waals surface area contributed by atoms with E-state index in [0.717, 1.165) is 0 Å². The van der Waals surface area contributed by atoms with Crippen LogP contribution < -0.4 is 144 Å². The predicted molar refractivity (Wildman–Crippen MR) is 165 cm³/mol. The van der Waals surface area contributed by atoms with Crippen LogP contribution in [0.3, 0.4) is 0 Å². The third-order valence-electron chi connectivity index (χ3n) is 6.40. The van der Waals surface area contributed by atoms with Gasteiger partial charge in [-0.3, -0.25) is 5.04 Å². The summed E-state index contributed by atoms with van der Waals surface area (Å²) in [6, 6.07) is 15.8. The van der Waals surface area contributed by atoms with Gasteiger partial charge < -0.3 is 50.8 Å². The number of nitrogens with one attached hydrogen (secondary N) is 2. The van der Waals surface area contributed by atoms with E-state index >= 15 is 0 Å². The number of phenolic OH excluding ortho intramolecular Hbond substituents is 1. The van der Waals surface area contributed by atoms with Crippen molar-refractivity contribution in [3.8, 4) is 23.0 Å². The maximum Gasteiger partial charge on any atom is 1.00 e. The molecule has 242 valence electrons. The van der Waals surface area contributed by atoms with Gasteiger partial charge >= 0.3 is 103 Å². The van der Waals surface area contributed by atoms with E-state index in [1.54, 1.807) is 54.6 Å². The van der Waals surface area contributed by atoms with E-state index in [1.165, 1.54) is 27.4 Å². The molecule has 0 unspecified atom stereocenters. The number of aromatic hydroxyl groups is 1. The molecular formula is C29H24K2N8O9S. The Balaban J connectivity index is 0.00000325. The third-order valence-corrected chi connectivity index (χ3v) is 6.95. The molecule has 17 nitrogen and oxygen atoms in total. The van der Waals surface area contributed by atoms with Gasteiger partial charge in [0.2, 0.25) is 11.9 Å². The fraction of sp³-hybridized carbons (Fsp3) is 0.103. The number of rotatable bonds is 13. The largest absolute Gasteiger partial charge is 1.00 e. The molecule has 5 aromatic rings. The number of phenols is 1.